The number of rotatable bonds is 4. The van der Waals surface area contributed by atoms with Crippen molar-refractivity contribution in [3.63, 3.8) is 0 Å². The molecule has 1 amide bonds. The summed E-state index contributed by atoms with van der Waals surface area (Å²) in [6, 6.07) is 13.2. The van der Waals surface area contributed by atoms with Crippen molar-refractivity contribution in [3.05, 3.63) is 53.9 Å². The van der Waals surface area contributed by atoms with E-state index < -0.39 is 6.10 Å². The Morgan fingerprint density at radius 3 is 2.50 bits per heavy atom. The van der Waals surface area contributed by atoms with Gasteiger partial charge in [0.25, 0.3) is 5.91 Å². The van der Waals surface area contributed by atoms with E-state index >= 15 is 0 Å². The number of nitrogens with one attached hydrogen (secondary N) is 1. The minimum Gasteiger partial charge on any atom is -0.481 e. The lowest BCUT2D eigenvalue weighted by Gasteiger charge is -2.20. The highest BCUT2D eigenvalue weighted by Crippen LogP contribution is 2.25. The molecule has 3 aromatic rings. The van der Waals surface area contributed by atoms with Gasteiger partial charge in [-0.05, 0) is 48.2 Å². The van der Waals surface area contributed by atoms with Crippen molar-refractivity contribution < 1.29 is 13.9 Å². The third-order valence-corrected chi connectivity index (χ3v) is 4.16. The van der Waals surface area contributed by atoms with Gasteiger partial charge in [-0.3, -0.25) is 4.79 Å². The maximum absolute atomic E-state index is 12.4. The Labute approximate surface area is 153 Å². The molecule has 1 N–H and O–H groups in total. The molecule has 3 rings (SSSR count). The van der Waals surface area contributed by atoms with Gasteiger partial charge < -0.3 is 14.5 Å². The minimum atomic E-state index is -0.620. The Bertz CT molecular complexity index is 921. The molecule has 0 bridgehead atoms. The predicted octanol–water partition coefficient (Wildman–Crippen LogP) is 4.84. The number of carbonyl (C=O) groups excluding carboxylic acids is 1. The third kappa shape index (κ3) is 4.04. The van der Waals surface area contributed by atoms with Crippen molar-refractivity contribution in [3.8, 4) is 5.75 Å². The number of carbonyl (C=O) groups is 1. The Morgan fingerprint density at radius 1 is 1.15 bits per heavy atom. The number of fused-ring (bicyclic) bond motifs is 1. The second kappa shape index (κ2) is 6.83. The van der Waals surface area contributed by atoms with E-state index in [4.69, 9.17) is 9.15 Å². The van der Waals surface area contributed by atoms with Crippen molar-refractivity contribution in [2.45, 2.75) is 46.1 Å². The zero-order chi connectivity index (χ0) is 18.9. The molecule has 136 valence electrons. The highest BCUT2D eigenvalue weighted by atomic mass is 16.5. The molecule has 1 aromatic heterocycles. The van der Waals surface area contributed by atoms with E-state index in [9.17, 15) is 4.79 Å². The van der Waals surface area contributed by atoms with E-state index in [-0.39, 0.29) is 11.3 Å². The molecule has 0 radical (unpaired) electrons. The molecule has 0 unspecified atom stereocenters. The first-order valence-corrected chi connectivity index (χ1v) is 8.67. The lowest BCUT2D eigenvalue weighted by Crippen LogP contribution is -2.30. The van der Waals surface area contributed by atoms with E-state index in [0.717, 1.165) is 0 Å². The summed E-state index contributed by atoms with van der Waals surface area (Å²) in [6.45, 7) is 10.00. The lowest BCUT2D eigenvalue weighted by atomic mass is 9.87. The highest BCUT2D eigenvalue weighted by molar-refractivity contribution is 5.95. The van der Waals surface area contributed by atoms with Gasteiger partial charge in [0.1, 0.15) is 11.3 Å². The number of amides is 1. The number of hydrogen-bond acceptors (Lipinski definition) is 4. The lowest BCUT2D eigenvalue weighted by molar-refractivity contribution is -0.122. The number of oxazole rings is 1. The van der Waals surface area contributed by atoms with Gasteiger partial charge >= 0.3 is 0 Å². The fourth-order valence-corrected chi connectivity index (χ4v) is 2.66. The SMILES string of the molecule is Cc1nc2cc(NC(=O)[C@@H](C)Oc3ccc(C(C)(C)C)cc3)ccc2o1. The van der Waals surface area contributed by atoms with Crippen LogP contribution in [0, 0.1) is 6.92 Å². The molecule has 0 spiro atoms. The van der Waals surface area contributed by atoms with Gasteiger partial charge in [-0.2, -0.15) is 0 Å². The molecule has 0 aliphatic heterocycles. The number of benzene rings is 2. The summed E-state index contributed by atoms with van der Waals surface area (Å²) < 4.78 is 11.2. The quantitative estimate of drug-likeness (QED) is 0.730. The summed E-state index contributed by atoms with van der Waals surface area (Å²) in [4.78, 5) is 16.7. The molecular formula is C21H24N2O3. The summed E-state index contributed by atoms with van der Waals surface area (Å²) in [5.74, 6) is 1.05. The van der Waals surface area contributed by atoms with Crippen LogP contribution in [0.25, 0.3) is 11.1 Å². The second-order valence-electron chi connectivity index (χ2n) is 7.44. The first kappa shape index (κ1) is 18.0. The number of aryl methyl sites for hydroxylation is 1. The summed E-state index contributed by atoms with van der Waals surface area (Å²) in [5, 5.41) is 2.85. The monoisotopic (exact) mass is 352 g/mol. The standard InChI is InChI=1S/C21H24N2O3/c1-13(25-17-9-6-15(7-10-17)21(3,4)5)20(24)23-16-8-11-19-18(12-16)22-14(2)26-19/h6-13H,1-5H3,(H,23,24)/t13-/m1/s1. The van der Waals surface area contributed by atoms with Gasteiger partial charge in [0.2, 0.25) is 0 Å². The van der Waals surface area contributed by atoms with E-state index in [0.29, 0.717) is 28.4 Å². The average Bonchev–Trinajstić information content (AvgIpc) is 2.93. The van der Waals surface area contributed by atoms with Crippen LogP contribution in [-0.2, 0) is 10.2 Å². The zero-order valence-electron chi connectivity index (χ0n) is 15.8. The molecule has 2 aromatic carbocycles. The molecule has 5 nitrogen and oxygen atoms in total. The summed E-state index contributed by atoms with van der Waals surface area (Å²) in [5.41, 5.74) is 3.38. The third-order valence-electron chi connectivity index (χ3n) is 4.16. The Kier molecular flexibility index (Phi) is 4.72. The summed E-state index contributed by atoms with van der Waals surface area (Å²) in [6.07, 6.45) is -0.620. The van der Waals surface area contributed by atoms with Gasteiger partial charge in [0, 0.05) is 12.6 Å². The smallest absolute Gasteiger partial charge is 0.265 e. The van der Waals surface area contributed by atoms with Crippen molar-refractivity contribution in [2.75, 3.05) is 5.32 Å². The van der Waals surface area contributed by atoms with Crippen LogP contribution in [-0.4, -0.2) is 17.0 Å². The molecule has 1 heterocycles. The van der Waals surface area contributed by atoms with Gasteiger partial charge in [-0.1, -0.05) is 32.9 Å². The fourth-order valence-electron chi connectivity index (χ4n) is 2.66. The summed E-state index contributed by atoms with van der Waals surface area (Å²) in [7, 11) is 0. The first-order chi connectivity index (χ1) is 12.2. The maximum Gasteiger partial charge on any atom is 0.265 e. The van der Waals surface area contributed by atoms with Gasteiger partial charge in [0.15, 0.2) is 17.6 Å². The summed E-state index contributed by atoms with van der Waals surface area (Å²) >= 11 is 0. The van der Waals surface area contributed by atoms with E-state index in [1.165, 1.54) is 5.56 Å². The predicted molar refractivity (Wildman–Crippen MR) is 103 cm³/mol. The Morgan fingerprint density at radius 2 is 1.85 bits per heavy atom. The Balaban J connectivity index is 1.65. The Hall–Kier alpha value is -2.82. The van der Waals surface area contributed by atoms with Crippen molar-refractivity contribution in [1.29, 1.82) is 0 Å². The number of hydrogen-bond donors (Lipinski definition) is 1. The van der Waals surface area contributed by atoms with Crippen molar-refractivity contribution in [1.82, 2.24) is 4.98 Å². The van der Waals surface area contributed by atoms with Crippen LogP contribution in [0.3, 0.4) is 0 Å². The van der Waals surface area contributed by atoms with Crippen molar-refractivity contribution >= 4 is 22.7 Å². The average molecular weight is 352 g/mol. The van der Waals surface area contributed by atoms with Gasteiger partial charge in [-0.15, -0.1) is 0 Å². The molecule has 0 fully saturated rings. The number of anilines is 1. The molecular weight excluding hydrogens is 328 g/mol. The maximum atomic E-state index is 12.4. The van der Waals surface area contributed by atoms with E-state index in [2.05, 4.69) is 31.1 Å². The normalized spacial score (nSPS) is 12.8. The molecule has 0 aliphatic rings. The molecule has 0 saturated carbocycles. The van der Waals surface area contributed by atoms with Gasteiger partial charge in [0.05, 0.1) is 0 Å². The fraction of sp³-hybridized carbons (Fsp3) is 0.333. The molecule has 0 saturated heterocycles. The van der Waals surface area contributed by atoms with Crippen LogP contribution in [0.5, 0.6) is 5.75 Å². The largest absolute Gasteiger partial charge is 0.481 e. The topological polar surface area (TPSA) is 64.4 Å². The first-order valence-electron chi connectivity index (χ1n) is 8.67. The van der Waals surface area contributed by atoms with Crippen LogP contribution < -0.4 is 10.1 Å². The highest BCUT2D eigenvalue weighted by Gasteiger charge is 2.17. The van der Waals surface area contributed by atoms with Crippen LogP contribution >= 0.6 is 0 Å². The van der Waals surface area contributed by atoms with E-state index in [1.807, 2.05) is 24.3 Å². The molecule has 1 atom stereocenters. The van der Waals surface area contributed by atoms with Crippen LogP contribution in [0.4, 0.5) is 5.69 Å². The van der Waals surface area contributed by atoms with Crippen LogP contribution in [0.1, 0.15) is 39.1 Å². The zero-order valence-corrected chi connectivity index (χ0v) is 15.8. The van der Waals surface area contributed by atoms with Crippen LogP contribution in [0.15, 0.2) is 46.9 Å². The second-order valence-corrected chi connectivity index (χ2v) is 7.44. The minimum absolute atomic E-state index is 0.0830. The number of ether oxygens (including phenoxy) is 1. The number of aromatic nitrogens is 1. The molecule has 0 aliphatic carbocycles. The molecule has 26 heavy (non-hydrogen) atoms. The van der Waals surface area contributed by atoms with Gasteiger partial charge in [-0.25, -0.2) is 4.98 Å². The van der Waals surface area contributed by atoms with Crippen molar-refractivity contribution in [2.24, 2.45) is 0 Å². The van der Waals surface area contributed by atoms with E-state index in [1.54, 1.807) is 32.0 Å². The molecule has 5 heteroatoms. The van der Waals surface area contributed by atoms with Crippen LogP contribution in [0.2, 0.25) is 0 Å². The number of nitrogens with zero attached hydrogens (tertiary/aromatic N) is 1.